The number of aryl methyl sites for hydroxylation is 3. The quantitative estimate of drug-likeness (QED) is 0.885. The van der Waals surface area contributed by atoms with Crippen molar-refractivity contribution >= 4 is 17.2 Å². The summed E-state index contributed by atoms with van der Waals surface area (Å²) in [6.45, 7) is 4.64. The zero-order valence-electron chi connectivity index (χ0n) is 12.0. The number of benzene rings is 1. The number of rotatable bonds is 6. The van der Waals surface area contributed by atoms with Gasteiger partial charge in [0.25, 0.3) is 0 Å². The van der Waals surface area contributed by atoms with E-state index < -0.39 is 0 Å². The molecule has 0 saturated heterocycles. The predicted molar refractivity (Wildman–Crippen MR) is 82.8 cm³/mol. The minimum Gasteiger partial charge on any atom is -0.351 e. The van der Waals surface area contributed by atoms with Gasteiger partial charge in [0, 0.05) is 17.5 Å². The van der Waals surface area contributed by atoms with Crippen LogP contribution in [0.3, 0.4) is 0 Å². The molecule has 3 nitrogen and oxygen atoms in total. The second-order valence-electron chi connectivity index (χ2n) is 4.96. The van der Waals surface area contributed by atoms with Gasteiger partial charge in [-0.2, -0.15) is 0 Å². The summed E-state index contributed by atoms with van der Waals surface area (Å²) in [5, 5.41) is 3.97. The molecule has 4 heteroatoms. The Bertz CT molecular complexity index is 560. The van der Waals surface area contributed by atoms with Gasteiger partial charge in [0.05, 0.1) is 11.6 Å². The van der Waals surface area contributed by atoms with E-state index in [-0.39, 0.29) is 5.91 Å². The van der Waals surface area contributed by atoms with Crippen LogP contribution in [0.2, 0.25) is 0 Å². The maximum atomic E-state index is 11.7. The van der Waals surface area contributed by atoms with Gasteiger partial charge in [-0.25, -0.2) is 4.98 Å². The smallest absolute Gasteiger partial charge is 0.220 e. The Balaban J connectivity index is 1.66. The van der Waals surface area contributed by atoms with E-state index in [2.05, 4.69) is 41.5 Å². The zero-order valence-corrected chi connectivity index (χ0v) is 12.8. The topological polar surface area (TPSA) is 42.0 Å². The van der Waals surface area contributed by atoms with E-state index in [1.54, 1.807) is 11.3 Å². The molecule has 0 spiro atoms. The lowest BCUT2D eigenvalue weighted by atomic mass is 10.1. The number of amides is 1. The Kier molecular flexibility index (Phi) is 5.30. The highest BCUT2D eigenvalue weighted by atomic mass is 32.1. The summed E-state index contributed by atoms with van der Waals surface area (Å²) in [6.07, 6.45) is 4.24. The highest BCUT2D eigenvalue weighted by molar-refractivity contribution is 7.11. The molecule has 0 bridgehead atoms. The van der Waals surface area contributed by atoms with Crippen LogP contribution < -0.4 is 5.32 Å². The summed E-state index contributed by atoms with van der Waals surface area (Å²) in [5.74, 6) is 0.114. The van der Waals surface area contributed by atoms with Gasteiger partial charge in [-0.3, -0.25) is 4.79 Å². The Morgan fingerprint density at radius 2 is 2.00 bits per heavy atom. The molecule has 0 radical (unpaired) electrons. The van der Waals surface area contributed by atoms with Crippen LogP contribution in [0.1, 0.15) is 33.9 Å². The van der Waals surface area contributed by atoms with Crippen molar-refractivity contribution in [2.45, 2.75) is 39.7 Å². The van der Waals surface area contributed by atoms with Crippen LogP contribution in [-0.2, 0) is 17.8 Å². The number of nitrogens with zero attached hydrogens (tertiary/aromatic N) is 1. The molecule has 0 fully saturated rings. The van der Waals surface area contributed by atoms with Crippen molar-refractivity contribution < 1.29 is 4.79 Å². The molecule has 1 aromatic carbocycles. The van der Waals surface area contributed by atoms with Gasteiger partial charge in [0.2, 0.25) is 5.91 Å². The van der Waals surface area contributed by atoms with Gasteiger partial charge >= 0.3 is 0 Å². The first-order valence-electron chi connectivity index (χ1n) is 6.87. The Labute approximate surface area is 124 Å². The Morgan fingerprint density at radius 3 is 2.65 bits per heavy atom. The summed E-state index contributed by atoms with van der Waals surface area (Å²) in [6, 6.07) is 8.49. The molecule has 0 saturated carbocycles. The molecular weight excluding hydrogens is 268 g/mol. The van der Waals surface area contributed by atoms with Gasteiger partial charge < -0.3 is 5.32 Å². The van der Waals surface area contributed by atoms with E-state index >= 15 is 0 Å². The van der Waals surface area contributed by atoms with E-state index in [4.69, 9.17) is 0 Å². The average Bonchev–Trinajstić information content (AvgIpc) is 2.85. The average molecular weight is 288 g/mol. The maximum absolute atomic E-state index is 11.7. The fraction of sp³-hybridized carbons (Fsp3) is 0.375. The zero-order chi connectivity index (χ0) is 14.4. The Hall–Kier alpha value is -1.68. The first kappa shape index (κ1) is 14.7. The number of carbonyl (C=O) groups is 1. The van der Waals surface area contributed by atoms with Crippen LogP contribution >= 0.6 is 11.3 Å². The molecule has 0 aliphatic rings. The third kappa shape index (κ3) is 4.78. The number of hydrogen-bond acceptors (Lipinski definition) is 3. The van der Waals surface area contributed by atoms with Crippen LogP contribution in [-0.4, -0.2) is 10.9 Å². The van der Waals surface area contributed by atoms with E-state index in [0.717, 1.165) is 22.7 Å². The molecule has 2 aromatic rings. The summed E-state index contributed by atoms with van der Waals surface area (Å²) >= 11 is 1.63. The normalized spacial score (nSPS) is 10.5. The molecule has 1 amide bonds. The molecule has 0 aliphatic heterocycles. The SMILES string of the molecule is Cc1ccc(CCCC(=O)NCc2cnc(C)s2)cc1. The van der Waals surface area contributed by atoms with Gasteiger partial charge in [0.1, 0.15) is 0 Å². The van der Waals surface area contributed by atoms with Crippen LogP contribution in [0.15, 0.2) is 30.5 Å². The van der Waals surface area contributed by atoms with Crippen LogP contribution in [0.4, 0.5) is 0 Å². The minimum absolute atomic E-state index is 0.114. The van der Waals surface area contributed by atoms with E-state index in [0.29, 0.717) is 13.0 Å². The molecule has 0 unspecified atom stereocenters. The van der Waals surface area contributed by atoms with Crippen LogP contribution in [0.25, 0.3) is 0 Å². The molecule has 1 heterocycles. The highest BCUT2D eigenvalue weighted by Crippen LogP contribution is 2.11. The van der Waals surface area contributed by atoms with E-state index in [1.807, 2.05) is 13.1 Å². The fourth-order valence-corrected chi connectivity index (χ4v) is 2.70. The summed E-state index contributed by atoms with van der Waals surface area (Å²) < 4.78 is 0. The van der Waals surface area contributed by atoms with Gasteiger partial charge in [0.15, 0.2) is 0 Å². The van der Waals surface area contributed by atoms with Crippen molar-refractivity contribution in [1.29, 1.82) is 0 Å². The molecule has 1 aromatic heterocycles. The van der Waals surface area contributed by atoms with Crippen molar-refractivity contribution in [2.24, 2.45) is 0 Å². The minimum atomic E-state index is 0.114. The van der Waals surface area contributed by atoms with Crippen molar-refractivity contribution in [2.75, 3.05) is 0 Å². The van der Waals surface area contributed by atoms with E-state index in [9.17, 15) is 4.79 Å². The molecule has 2 rings (SSSR count). The predicted octanol–water partition coefficient (Wildman–Crippen LogP) is 3.40. The second kappa shape index (κ2) is 7.20. The molecule has 106 valence electrons. The number of nitrogens with one attached hydrogen (secondary N) is 1. The highest BCUT2D eigenvalue weighted by Gasteiger charge is 2.03. The Morgan fingerprint density at radius 1 is 1.25 bits per heavy atom. The lowest BCUT2D eigenvalue weighted by molar-refractivity contribution is -0.121. The van der Waals surface area contributed by atoms with Gasteiger partial charge in [-0.1, -0.05) is 29.8 Å². The third-order valence-electron chi connectivity index (χ3n) is 3.12. The number of hydrogen-bond donors (Lipinski definition) is 1. The van der Waals surface area contributed by atoms with Crippen molar-refractivity contribution in [3.05, 3.63) is 51.5 Å². The summed E-state index contributed by atoms with van der Waals surface area (Å²) in [7, 11) is 0. The number of thiazole rings is 1. The second-order valence-corrected chi connectivity index (χ2v) is 6.28. The summed E-state index contributed by atoms with van der Waals surface area (Å²) in [5.41, 5.74) is 2.56. The van der Waals surface area contributed by atoms with E-state index in [1.165, 1.54) is 11.1 Å². The third-order valence-corrected chi connectivity index (χ3v) is 4.03. The largest absolute Gasteiger partial charge is 0.351 e. The van der Waals surface area contributed by atoms with Crippen molar-refractivity contribution in [3.63, 3.8) is 0 Å². The lowest BCUT2D eigenvalue weighted by Crippen LogP contribution is -2.21. The van der Waals surface area contributed by atoms with Crippen LogP contribution in [0.5, 0.6) is 0 Å². The fourth-order valence-electron chi connectivity index (χ4n) is 1.97. The number of aromatic nitrogens is 1. The van der Waals surface area contributed by atoms with Crippen LogP contribution in [0, 0.1) is 13.8 Å². The van der Waals surface area contributed by atoms with Gasteiger partial charge in [-0.15, -0.1) is 11.3 Å². The maximum Gasteiger partial charge on any atom is 0.220 e. The lowest BCUT2D eigenvalue weighted by Gasteiger charge is -2.04. The molecule has 1 N–H and O–H groups in total. The van der Waals surface area contributed by atoms with Crippen molar-refractivity contribution in [1.82, 2.24) is 10.3 Å². The summed E-state index contributed by atoms with van der Waals surface area (Å²) in [4.78, 5) is 17.0. The first-order valence-corrected chi connectivity index (χ1v) is 7.68. The monoisotopic (exact) mass is 288 g/mol. The van der Waals surface area contributed by atoms with Crippen molar-refractivity contribution in [3.8, 4) is 0 Å². The molecule has 0 atom stereocenters. The standard InChI is InChI=1S/C16H20N2OS/c1-12-6-8-14(9-7-12)4-3-5-16(19)18-11-15-10-17-13(2)20-15/h6-10H,3-5,11H2,1-2H3,(H,18,19). The first-order chi connectivity index (χ1) is 9.63. The number of carbonyl (C=O) groups excluding carboxylic acids is 1. The molecular formula is C16H20N2OS. The van der Waals surface area contributed by atoms with Gasteiger partial charge in [-0.05, 0) is 32.3 Å². The molecule has 20 heavy (non-hydrogen) atoms. The molecule has 0 aliphatic carbocycles.